The highest BCUT2D eigenvalue weighted by molar-refractivity contribution is 7.85. The largest absolute Gasteiger partial charge is 0.348 e. The number of nitrogens with one attached hydrogen (secondary N) is 1. The average molecular weight is 249 g/mol. The normalized spacial score (nSPS) is 13.2. The second-order valence-electron chi connectivity index (χ2n) is 3.84. The fraction of sp³-hybridized carbons (Fsp3) is 0.700. The lowest BCUT2D eigenvalue weighted by molar-refractivity contribution is -0.118. The van der Waals surface area contributed by atoms with Crippen molar-refractivity contribution in [2.75, 3.05) is 5.75 Å². The number of unbranched alkanes of at least 4 members (excludes halogenated alkanes) is 1. The number of amides is 1. The molecular weight excluding hydrogens is 230 g/mol. The van der Waals surface area contributed by atoms with Crippen LogP contribution >= 0.6 is 0 Å². The molecule has 0 aromatic carbocycles. The van der Waals surface area contributed by atoms with Crippen LogP contribution in [0.1, 0.15) is 33.1 Å². The molecule has 0 aromatic rings. The van der Waals surface area contributed by atoms with Crippen LogP contribution in [0.2, 0.25) is 0 Å². The van der Waals surface area contributed by atoms with Gasteiger partial charge in [0.1, 0.15) is 0 Å². The highest BCUT2D eigenvalue weighted by atomic mass is 32.2. The first-order chi connectivity index (χ1) is 7.26. The first-order valence-corrected chi connectivity index (χ1v) is 6.78. The van der Waals surface area contributed by atoms with Crippen molar-refractivity contribution < 1.29 is 17.8 Å². The molecule has 0 aliphatic carbocycles. The molecule has 1 atom stereocenters. The topological polar surface area (TPSA) is 83.5 Å². The Labute approximate surface area is 96.7 Å². The maximum Gasteiger partial charge on any atom is 0.266 e. The predicted octanol–water partition coefficient (Wildman–Crippen LogP) is 1.13. The van der Waals surface area contributed by atoms with E-state index < -0.39 is 21.9 Å². The molecule has 0 spiro atoms. The predicted molar refractivity (Wildman–Crippen MR) is 62.7 cm³/mol. The molecule has 0 bridgehead atoms. The Bertz CT molecular complexity index is 348. The van der Waals surface area contributed by atoms with E-state index in [1.165, 1.54) is 0 Å². The molecule has 1 amide bonds. The highest BCUT2D eigenvalue weighted by Gasteiger charge is 2.18. The molecule has 0 fully saturated rings. The summed E-state index contributed by atoms with van der Waals surface area (Å²) in [7, 11) is -4.07. The SMILES string of the molecule is C=C(C)C(=O)N[C@@H](CCCC)CS(=O)(=O)O. The quantitative estimate of drug-likeness (QED) is 0.523. The third-order valence-electron chi connectivity index (χ3n) is 2.04. The van der Waals surface area contributed by atoms with Gasteiger partial charge in [-0.2, -0.15) is 8.42 Å². The molecule has 0 rings (SSSR count). The lowest BCUT2D eigenvalue weighted by Crippen LogP contribution is -2.39. The molecule has 0 radical (unpaired) electrons. The van der Waals surface area contributed by atoms with Crippen molar-refractivity contribution >= 4 is 16.0 Å². The number of carbonyl (C=O) groups excluding carboxylic acids is 1. The Morgan fingerprint density at radius 3 is 2.44 bits per heavy atom. The number of hydrogen-bond donors (Lipinski definition) is 2. The van der Waals surface area contributed by atoms with Crippen molar-refractivity contribution in [1.29, 1.82) is 0 Å². The van der Waals surface area contributed by atoms with E-state index >= 15 is 0 Å². The van der Waals surface area contributed by atoms with Crippen molar-refractivity contribution in [2.45, 2.75) is 39.2 Å². The van der Waals surface area contributed by atoms with Crippen LogP contribution in [0.5, 0.6) is 0 Å². The Hall–Kier alpha value is -0.880. The van der Waals surface area contributed by atoms with Gasteiger partial charge in [0.2, 0.25) is 5.91 Å². The smallest absolute Gasteiger partial charge is 0.266 e. The Morgan fingerprint density at radius 1 is 1.50 bits per heavy atom. The molecule has 94 valence electrons. The standard InChI is InChI=1S/C10H19NO4S/c1-4-5-6-9(7-16(13,14)15)11-10(12)8(2)3/h9H,2,4-7H2,1,3H3,(H,11,12)(H,13,14,15)/t9-/m0/s1. The van der Waals surface area contributed by atoms with E-state index in [0.717, 1.165) is 12.8 Å². The minimum absolute atomic E-state index is 0.317. The second kappa shape index (κ2) is 6.65. The van der Waals surface area contributed by atoms with E-state index in [1.54, 1.807) is 6.92 Å². The third kappa shape index (κ3) is 7.42. The molecule has 5 nitrogen and oxygen atoms in total. The monoisotopic (exact) mass is 249 g/mol. The Kier molecular flexibility index (Phi) is 6.28. The van der Waals surface area contributed by atoms with Gasteiger partial charge in [0.05, 0.1) is 5.75 Å². The zero-order valence-electron chi connectivity index (χ0n) is 9.69. The van der Waals surface area contributed by atoms with Gasteiger partial charge in [0.15, 0.2) is 0 Å². The zero-order valence-corrected chi connectivity index (χ0v) is 10.5. The maximum absolute atomic E-state index is 11.3. The van der Waals surface area contributed by atoms with E-state index in [1.807, 2.05) is 6.92 Å². The zero-order chi connectivity index (χ0) is 12.8. The van der Waals surface area contributed by atoms with E-state index in [9.17, 15) is 13.2 Å². The molecule has 0 heterocycles. The summed E-state index contributed by atoms with van der Waals surface area (Å²) >= 11 is 0. The molecule has 6 heteroatoms. The molecule has 0 aromatic heterocycles. The maximum atomic E-state index is 11.3. The summed E-state index contributed by atoms with van der Waals surface area (Å²) in [5.41, 5.74) is 0.317. The highest BCUT2D eigenvalue weighted by Crippen LogP contribution is 2.04. The molecule has 0 saturated heterocycles. The van der Waals surface area contributed by atoms with Crippen molar-refractivity contribution in [1.82, 2.24) is 5.32 Å². The van der Waals surface area contributed by atoms with Crippen molar-refractivity contribution in [3.63, 3.8) is 0 Å². The van der Waals surface area contributed by atoms with Crippen molar-refractivity contribution in [2.24, 2.45) is 0 Å². The van der Waals surface area contributed by atoms with Crippen LogP contribution in [0.3, 0.4) is 0 Å². The fourth-order valence-electron chi connectivity index (χ4n) is 1.21. The fourth-order valence-corrected chi connectivity index (χ4v) is 1.97. The number of rotatable bonds is 7. The summed E-state index contributed by atoms with van der Waals surface area (Å²) in [5.74, 6) is -0.837. The molecule has 0 aliphatic heterocycles. The van der Waals surface area contributed by atoms with Gasteiger partial charge in [-0.3, -0.25) is 9.35 Å². The minimum Gasteiger partial charge on any atom is -0.348 e. The Morgan fingerprint density at radius 2 is 2.06 bits per heavy atom. The van der Waals surface area contributed by atoms with Gasteiger partial charge < -0.3 is 5.32 Å². The van der Waals surface area contributed by atoms with Crippen LogP contribution in [0.15, 0.2) is 12.2 Å². The molecule has 0 aliphatic rings. The summed E-state index contributed by atoms with van der Waals surface area (Å²) < 4.78 is 30.2. The molecular formula is C10H19NO4S. The van der Waals surface area contributed by atoms with Crippen LogP contribution in [-0.4, -0.2) is 30.7 Å². The van der Waals surface area contributed by atoms with Gasteiger partial charge >= 0.3 is 0 Å². The van der Waals surface area contributed by atoms with Gasteiger partial charge in [-0.25, -0.2) is 0 Å². The number of carbonyl (C=O) groups is 1. The van der Waals surface area contributed by atoms with E-state index in [-0.39, 0.29) is 5.91 Å². The van der Waals surface area contributed by atoms with Gasteiger partial charge in [0.25, 0.3) is 10.1 Å². The van der Waals surface area contributed by atoms with Crippen LogP contribution in [0, 0.1) is 0 Å². The first-order valence-electron chi connectivity index (χ1n) is 5.17. The molecule has 0 unspecified atom stereocenters. The number of hydrogen-bond acceptors (Lipinski definition) is 3. The van der Waals surface area contributed by atoms with Gasteiger partial charge in [-0.1, -0.05) is 26.3 Å². The van der Waals surface area contributed by atoms with E-state index in [4.69, 9.17) is 4.55 Å². The lowest BCUT2D eigenvalue weighted by atomic mass is 10.1. The van der Waals surface area contributed by atoms with Crippen LogP contribution in [0.25, 0.3) is 0 Å². The summed E-state index contributed by atoms with van der Waals surface area (Å²) in [6.45, 7) is 6.97. The summed E-state index contributed by atoms with van der Waals surface area (Å²) in [6.07, 6.45) is 2.21. The van der Waals surface area contributed by atoms with Gasteiger partial charge in [-0.05, 0) is 13.3 Å². The van der Waals surface area contributed by atoms with Gasteiger partial charge in [-0.15, -0.1) is 0 Å². The van der Waals surface area contributed by atoms with Crippen LogP contribution < -0.4 is 5.32 Å². The summed E-state index contributed by atoms with van der Waals surface area (Å²) in [4.78, 5) is 11.3. The Balaban J connectivity index is 4.43. The summed E-state index contributed by atoms with van der Waals surface area (Å²) in [6, 6.07) is -0.556. The molecule has 16 heavy (non-hydrogen) atoms. The van der Waals surface area contributed by atoms with Crippen molar-refractivity contribution in [3.05, 3.63) is 12.2 Å². The van der Waals surface area contributed by atoms with Gasteiger partial charge in [0, 0.05) is 11.6 Å². The van der Waals surface area contributed by atoms with Crippen LogP contribution in [-0.2, 0) is 14.9 Å². The summed E-state index contributed by atoms with van der Waals surface area (Å²) in [5, 5.41) is 2.53. The third-order valence-corrected chi connectivity index (χ3v) is 2.86. The second-order valence-corrected chi connectivity index (χ2v) is 5.34. The van der Waals surface area contributed by atoms with Crippen LogP contribution in [0.4, 0.5) is 0 Å². The first kappa shape index (κ1) is 15.1. The lowest BCUT2D eigenvalue weighted by Gasteiger charge is -2.16. The van der Waals surface area contributed by atoms with E-state index in [0.29, 0.717) is 12.0 Å². The molecule has 2 N–H and O–H groups in total. The minimum atomic E-state index is -4.07. The average Bonchev–Trinajstić information content (AvgIpc) is 2.11. The van der Waals surface area contributed by atoms with Crippen molar-refractivity contribution in [3.8, 4) is 0 Å². The molecule has 0 saturated carbocycles. The van der Waals surface area contributed by atoms with E-state index in [2.05, 4.69) is 11.9 Å².